The average Bonchev–Trinajstić information content (AvgIpc) is 2.29. The zero-order valence-electron chi connectivity index (χ0n) is 10.2. The van der Waals surface area contributed by atoms with E-state index in [2.05, 4.69) is 11.9 Å². The molecule has 16 heavy (non-hydrogen) atoms. The summed E-state index contributed by atoms with van der Waals surface area (Å²) in [5.74, 6) is 0.589. The fourth-order valence-corrected chi connectivity index (χ4v) is 2.75. The maximum absolute atomic E-state index is 12.3. The van der Waals surface area contributed by atoms with Gasteiger partial charge in [0.15, 0.2) is 0 Å². The molecule has 1 amide bonds. The van der Waals surface area contributed by atoms with Crippen LogP contribution in [-0.4, -0.2) is 55.0 Å². The minimum absolute atomic E-state index is 0.230. The molecule has 2 rings (SSSR count). The highest BCUT2D eigenvalue weighted by molar-refractivity contribution is 5.79. The first kappa shape index (κ1) is 11.9. The quantitative estimate of drug-likeness (QED) is 0.697. The normalized spacial score (nSPS) is 29.4. The maximum atomic E-state index is 12.3. The Hall–Kier alpha value is -0.610. The van der Waals surface area contributed by atoms with Gasteiger partial charge in [0, 0.05) is 25.7 Å². The Balaban J connectivity index is 1.86. The van der Waals surface area contributed by atoms with E-state index < -0.39 is 0 Å². The number of hydrogen-bond acceptors (Lipinski definition) is 3. The highest BCUT2D eigenvalue weighted by Crippen LogP contribution is 2.19. The van der Waals surface area contributed by atoms with Gasteiger partial charge in [-0.15, -0.1) is 0 Å². The van der Waals surface area contributed by atoms with Crippen molar-refractivity contribution in [1.82, 2.24) is 9.80 Å². The van der Waals surface area contributed by atoms with Crippen molar-refractivity contribution >= 4 is 5.91 Å². The number of carbonyl (C=O) groups excluding carboxylic acids is 1. The van der Waals surface area contributed by atoms with Gasteiger partial charge in [0.05, 0.1) is 5.92 Å². The zero-order chi connectivity index (χ0) is 11.5. The number of likely N-dealkylation sites (tertiary alicyclic amines) is 2. The van der Waals surface area contributed by atoms with Gasteiger partial charge in [0.2, 0.25) is 5.91 Å². The van der Waals surface area contributed by atoms with Crippen molar-refractivity contribution in [2.75, 3.05) is 33.2 Å². The lowest BCUT2D eigenvalue weighted by Crippen LogP contribution is -2.48. The molecule has 2 saturated heterocycles. The molecular formula is C12H23N3O. The van der Waals surface area contributed by atoms with Crippen LogP contribution in [0.15, 0.2) is 0 Å². The largest absolute Gasteiger partial charge is 0.342 e. The van der Waals surface area contributed by atoms with Crippen LogP contribution in [0.5, 0.6) is 0 Å². The Bertz CT molecular complexity index is 249. The summed E-state index contributed by atoms with van der Waals surface area (Å²) in [6.07, 6.45) is 4.15. The molecule has 1 atom stereocenters. The summed E-state index contributed by atoms with van der Waals surface area (Å²) in [5.41, 5.74) is 5.85. The van der Waals surface area contributed by atoms with Gasteiger partial charge < -0.3 is 15.5 Å². The van der Waals surface area contributed by atoms with E-state index in [9.17, 15) is 4.79 Å². The van der Waals surface area contributed by atoms with Gasteiger partial charge in [-0.2, -0.15) is 0 Å². The molecule has 0 aliphatic carbocycles. The van der Waals surface area contributed by atoms with Crippen molar-refractivity contribution in [1.29, 1.82) is 0 Å². The summed E-state index contributed by atoms with van der Waals surface area (Å²) >= 11 is 0. The Morgan fingerprint density at radius 3 is 2.50 bits per heavy atom. The molecule has 0 radical (unpaired) electrons. The van der Waals surface area contributed by atoms with E-state index >= 15 is 0 Å². The Morgan fingerprint density at radius 1 is 1.19 bits per heavy atom. The summed E-state index contributed by atoms with van der Waals surface area (Å²) in [6.45, 7) is 3.79. The van der Waals surface area contributed by atoms with Crippen molar-refractivity contribution in [2.24, 2.45) is 11.7 Å². The van der Waals surface area contributed by atoms with Crippen LogP contribution in [0.1, 0.15) is 25.7 Å². The number of carbonyl (C=O) groups is 1. The fraction of sp³-hybridized carbons (Fsp3) is 0.917. The number of piperidine rings is 2. The molecule has 2 N–H and O–H groups in total. The van der Waals surface area contributed by atoms with E-state index in [-0.39, 0.29) is 5.92 Å². The SMILES string of the molecule is CN1CCC[C@H](C(=O)N2CCC(N)CC2)C1. The highest BCUT2D eigenvalue weighted by atomic mass is 16.2. The molecule has 4 heteroatoms. The second-order valence-electron chi connectivity index (χ2n) is 5.26. The third-order valence-corrected chi connectivity index (χ3v) is 3.83. The molecule has 92 valence electrons. The standard InChI is InChI=1S/C12H23N3O/c1-14-6-2-3-10(9-14)12(16)15-7-4-11(13)5-8-15/h10-11H,2-9,13H2,1H3/t10-/m0/s1. The minimum Gasteiger partial charge on any atom is -0.342 e. The molecule has 0 aromatic heterocycles. The molecule has 2 fully saturated rings. The Labute approximate surface area is 97.8 Å². The van der Waals surface area contributed by atoms with Gasteiger partial charge in [0.25, 0.3) is 0 Å². The smallest absolute Gasteiger partial charge is 0.226 e. The number of nitrogens with two attached hydrogens (primary N) is 1. The van der Waals surface area contributed by atoms with E-state index in [1.165, 1.54) is 0 Å². The summed E-state index contributed by atoms with van der Waals surface area (Å²) in [4.78, 5) is 16.6. The highest BCUT2D eigenvalue weighted by Gasteiger charge is 2.29. The van der Waals surface area contributed by atoms with E-state index in [4.69, 9.17) is 5.73 Å². The molecule has 0 aromatic rings. The molecule has 2 aliphatic heterocycles. The predicted molar refractivity (Wildman–Crippen MR) is 64.0 cm³/mol. The van der Waals surface area contributed by atoms with Crippen LogP contribution in [0, 0.1) is 5.92 Å². The molecule has 4 nitrogen and oxygen atoms in total. The average molecular weight is 225 g/mol. The summed E-state index contributed by atoms with van der Waals surface area (Å²) in [7, 11) is 2.10. The monoisotopic (exact) mass is 225 g/mol. The van der Waals surface area contributed by atoms with Crippen LogP contribution >= 0.6 is 0 Å². The third-order valence-electron chi connectivity index (χ3n) is 3.83. The first-order chi connectivity index (χ1) is 7.66. The molecule has 0 aromatic carbocycles. The van der Waals surface area contributed by atoms with Crippen LogP contribution in [0.3, 0.4) is 0 Å². The number of nitrogens with zero attached hydrogens (tertiary/aromatic N) is 2. The van der Waals surface area contributed by atoms with E-state index in [0.29, 0.717) is 11.9 Å². The van der Waals surface area contributed by atoms with E-state index in [1.807, 2.05) is 4.90 Å². The van der Waals surface area contributed by atoms with Gasteiger partial charge in [-0.05, 0) is 39.3 Å². The molecule has 0 spiro atoms. The molecule has 0 saturated carbocycles. The van der Waals surface area contributed by atoms with E-state index in [1.54, 1.807) is 0 Å². The van der Waals surface area contributed by atoms with E-state index in [0.717, 1.165) is 51.9 Å². The second-order valence-corrected chi connectivity index (χ2v) is 5.26. The maximum Gasteiger partial charge on any atom is 0.226 e. The van der Waals surface area contributed by atoms with Gasteiger partial charge in [0.1, 0.15) is 0 Å². The lowest BCUT2D eigenvalue weighted by Gasteiger charge is -2.36. The minimum atomic E-state index is 0.230. The number of rotatable bonds is 1. The van der Waals surface area contributed by atoms with Crippen molar-refractivity contribution in [3.8, 4) is 0 Å². The van der Waals surface area contributed by atoms with Crippen LogP contribution in [-0.2, 0) is 4.79 Å². The summed E-state index contributed by atoms with van der Waals surface area (Å²) < 4.78 is 0. The van der Waals surface area contributed by atoms with Crippen molar-refractivity contribution in [3.63, 3.8) is 0 Å². The number of hydrogen-bond donors (Lipinski definition) is 1. The molecule has 0 unspecified atom stereocenters. The van der Waals surface area contributed by atoms with Crippen LogP contribution in [0.2, 0.25) is 0 Å². The van der Waals surface area contributed by atoms with Gasteiger partial charge >= 0.3 is 0 Å². The predicted octanol–water partition coefficient (Wildman–Crippen LogP) is 0.278. The molecule has 0 bridgehead atoms. The number of amides is 1. The lowest BCUT2D eigenvalue weighted by atomic mass is 9.95. The molecule has 2 heterocycles. The second kappa shape index (κ2) is 5.15. The fourth-order valence-electron chi connectivity index (χ4n) is 2.75. The third kappa shape index (κ3) is 2.74. The topological polar surface area (TPSA) is 49.6 Å². The Kier molecular flexibility index (Phi) is 3.82. The van der Waals surface area contributed by atoms with Crippen molar-refractivity contribution in [3.05, 3.63) is 0 Å². The van der Waals surface area contributed by atoms with Crippen LogP contribution < -0.4 is 5.73 Å². The molecular weight excluding hydrogens is 202 g/mol. The lowest BCUT2D eigenvalue weighted by molar-refractivity contribution is -0.138. The van der Waals surface area contributed by atoms with Crippen LogP contribution in [0.4, 0.5) is 0 Å². The Morgan fingerprint density at radius 2 is 1.88 bits per heavy atom. The van der Waals surface area contributed by atoms with Gasteiger partial charge in [-0.1, -0.05) is 0 Å². The van der Waals surface area contributed by atoms with Crippen molar-refractivity contribution < 1.29 is 4.79 Å². The zero-order valence-corrected chi connectivity index (χ0v) is 10.2. The summed E-state index contributed by atoms with van der Waals surface area (Å²) in [6, 6.07) is 0.304. The van der Waals surface area contributed by atoms with Gasteiger partial charge in [-0.25, -0.2) is 0 Å². The van der Waals surface area contributed by atoms with Gasteiger partial charge in [-0.3, -0.25) is 4.79 Å². The first-order valence-electron chi connectivity index (χ1n) is 6.39. The molecule has 2 aliphatic rings. The van der Waals surface area contributed by atoms with Crippen molar-refractivity contribution in [2.45, 2.75) is 31.7 Å². The first-order valence-corrected chi connectivity index (χ1v) is 6.39. The van der Waals surface area contributed by atoms with Crippen LogP contribution in [0.25, 0.3) is 0 Å². The summed E-state index contributed by atoms with van der Waals surface area (Å²) in [5, 5.41) is 0.